The largest absolute Gasteiger partial charge is 0.384 e. The van der Waals surface area contributed by atoms with Crippen LogP contribution in [0.15, 0.2) is 12.3 Å². The topological polar surface area (TPSA) is 69.4 Å². The number of anilines is 1. The Bertz CT molecular complexity index is 431. The second kappa shape index (κ2) is 7.02. The Balaban J connectivity index is 2.28. The highest BCUT2D eigenvalue weighted by Crippen LogP contribution is 2.37. The summed E-state index contributed by atoms with van der Waals surface area (Å²) in [5.41, 5.74) is 8.01. The van der Waals surface area contributed by atoms with E-state index in [1.807, 2.05) is 19.3 Å². The van der Waals surface area contributed by atoms with Gasteiger partial charge in [0.2, 0.25) is 0 Å². The lowest BCUT2D eigenvalue weighted by atomic mass is 9.83. The minimum absolute atomic E-state index is 0.270. The molecule has 0 amide bonds. The van der Waals surface area contributed by atoms with E-state index >= 15 is 0 Å². The van der Waals surface area contributed by atoms with Gasteiger partial charge in [-0.2, -0.15) is 0 Å². The highest BCUT2D eigenvalue weighted by atomic mass is 16.5. The number of methoxy groups -OCH3 is 1. The molecule has 0 spiro atoms. The normalized spacial score (nSPS) is 18.1. The van der Waals surface area contributed by atoms with Crippen LogP contribution in [-0.4, -0.2) is 38.9 Å². The maximum atomic E-state index is 5.88. The van der Waals surface area contributed by atoms with Crippen LogP contribution in [0.3, 0.4) is 0 Å². The van der Waals surface area contributed by atoms with Gasteiger partial charge in [-0.3, -0.25) is 0 Å². The molecule has 0 atom stereocenters. The van der Waals surface area contributed by atoms with Crippen molar-refractivity contribution in [2.24, 2.45) is 0 Å². The number of rotatable bonds is 6. The van der Waals surface area contributed by atoms with Crippen molar-refractivity contribution in [1.82, 2.24) is 10.3 Å². The number of nitrogen functional groups attached to an aromatic ring is 1. The van der Waals surface area contributed by atoms with Crippen molar-refractivity contribution in [3.05, 3.63) is 23.4 Å². The molecular weight excluding hydrogens is 254 g/mol. The van der Waals surface area contributed by atoms with Crippen molar-refractivity contribution in [2.75, 3.05) is 39.6 Å². The Morgan fingerprint density at radius 3 is 2.85 bits per heavy atom. The van der Waals surface area contributed by atoms with Gasteiger partial charge in [-0.1, -0.05) is 0 Å². The van der Waals surface area contributed by atoms with Crippen LogP contribution in [0.2, 0.25) is 0 Å². The van der Waals surface area contributed by atoms with Crippen LogP contribution in [0.4, 0.5) is 5.82 Å². The molecule has 0 radical (unpaired) electrons. The van der Waals surface area contributed by atoms with Gasteiger partial charge in [0.05, 0.1) is 5.60 Å². The maximum absolute atomic E-state index is 5.88. The summed E-state index contributed by atoms with van der Waals surface area (Å²) >= 11 is 0. The lowest BCUT2D eigenvalue weighted by Gasteiger charge is -2.37. The molecule has 1 saturated heterocycles. The van der Waals surface area contributed by atoms with Gasteiger partial charge in [-0.15, -0.1) is 0 Å². The molecule has 1 fully saturated rings. The summed E-state index contributed by atoms with van der Waals surface area (Å²) in [5.74, 6) is 0.575. The van der Waals surface area contributed by atoms with Gasteiger partial charge in [0, 0.05) is 44.9 Å². The van der Waals surface area contributed by atoms with Gasteiger partial charge in [-0.05, 0) is 38.1 Å². The molecule has 2 heterocycles. The Kier molecular flexibility index (Phi) is 5.34. The van der Waals surface area contributed by atoms with Crippen LogP contribution < -0.4 is 11.1 Å². The number of nitrogens with zero attached hydrogens (tertiary/aromatic N) is 1. The van der Waals surface area contributed by atoms with E-state index in [2.05, 4.69) is 10.3 Å². The first-order valence-corrected chi connectivity index (χ1v) is 7.24. The van der Waals surface area contributed by atoms with Crippen molar-refractivity contribution in [3.8, 4) is 0 Å². The van der Waals surface area contributed by atoms with E-state index in [-0.39, 0.29) is 5.60 Å². The predicted octanol–water partition coefficient (Wildman–Crippen LogP) is 1.47. The van der Waals surface area contributed by atoms with Crippen LogP contribution in [-0.2, 0) is 21.5 Å². The van der Waals surface area contributed by atoms with Crippen LogP contribution in [0, 0.1) is 0 Å². The second-order valence-corrected chi connectivity index (χ2v) is 5.28. The molecule has 1 aromatic heterocycles. The number of pyridine rings is 1. The van der Waals surface area contributed by atoms with Gasteiger partial charge in [0.25, 0.3) is 0 Å². The molecule has 1 aromatic rings. The minimum Gasteiger partial charge on any atom is -0.384 e. The van der Waals surface area contributed by atoms with Gasteiger partial charge in [0.15, 0.2) is 0 Å². The molecule has 20 heavy (non-hydrogen) atoms. The molecule has 1 aliphatic rings. The van der Waals surface area contributed by atoms with Crippen LogP contribution in [0.5, 0.6) is 0 Å². The Hall–Kier alpha value is -1.17. The van der Waals surface area contributed by atoms with Crippen molar-refractivity contribution in [1.29, 1.82) is 0 Å². The minimum atomic E-state index is -0.270. The molecule has 0 unspecified atom stereocenters. The molecule has 5 nitrogen and oxygen atoms in total. The van der Waals surface area contributed by atoms with Gasteiger partial charge >= 0.3 is 0 Å². The monoisotopic (exact) mass is 279 g/mol. The van der Waals surface area contributed by atoms with E-state index < -0.39 is 0 Å². The molecule has 0 saturated carbocycles. The summed E-state index contributed by atoms with van der Waals surface area (Å²) in [6.45, 7) is 2.45. The molecule has 2 rings (SSSR count). The fourth-order valence-electron chi connectivity index (χ4n) is 2.87. The SMILES string of the molecule is CNCCCc1cc(N)ncc1C1(OC)CCOCC1. The van der Waals surface area contributed by atoms with Crippen molar-refractivity contribution >= 4 is 5.82 Å². The van der Waals surface area contributed by atoms with Crippen LogP contribution >= 0.6 is 0 Å². The summed E-state index contributed by atoms with van der Waals surface area (Å²) in [6, 6.07) is 1.99. The van der Waals surface area contributed by atoms with E-state index in [0.29, 0.717) is 5.82 Å². The number of ether oxygens (including phenoxy) is 2. The summed E-state index contributed by atoms with van der Waals surface area (Å²) in [6.07, 6.45) is 5.68. The maximum Gasteiger partial charge on any atom is 0.123 e. The molecule has 0 aromatic carbocycles. The second-order valence-electron chi connectivity index (χ2n) is 5.28. The van der Waals surface area contributed by atoms with Gasteiger partial charge in [0.1, 0.15) is 5.82 Å². The van der Waals surface area contributed by atoms with E-state index in [0.717, 1.165) is 45.4 Å². The third-order valence-electron chi connectivity index (χ3n) is 4.07. The summed E-state index contributed by atoms with van der Waals surface area (Å²) in [5, 5.41) is 3.18. The number of hydrogen-bond donors (Lipinski definition) is 2. The number of nitrogens with two attached hydrogens (primary N) is 1. The third-order valence-corrected chi connectivity index (χ3v) is 4.07. The Morgan fingerprint density at radius 2 is 2.20 bits per heavy atom. The number of hydrogen-bond acceptors (Lipinski definition) is 5. The van der Waals surface area contributed by atoms with Gasteiger partial charge in [-0.25, -0.2) is 4.98 Å². The van der Waals surface area contributed by atoms with Crippen molar-refractivity contribution in [2.45, 2.75) is 31.3 Å². The number of aromatic nitrogens is 1. The smallest absolute Gasteiger partial charge is 0.123 e. The molecular formula is C15H25N3O2. The highest BCUT2D eigenvalue weighted by molar-refractivity contribution is 5.40. The molecule has 1 aliphatic heterocycles. The zero-order chi connectivity index (χ0) is 14.4. The van der Waals surface area contributed by atoms with Gasteiger partial charge < -0.3 is 20.5 Å². The first-order valence-electron chi connectivity index (χ1n) is 7.24. The molecule has 112 valence electrons. The molecule has 3 N–H and O–H groups in total. The van der Waals surface area contributed by atoms with E-state index in [4.69, 9.17) is 15.2 Å². The molecule has 5 heteroatoms. The van der Waals surface area contributed by atoms with Crippen LogP contribution in [0.25, 0.3) is 0 Å². The van der Waals surface area contributed by atoms with Crippen molar-refractivity contribution in [3.63, 3.8) is 0 Å². The number of nitrogens with one attached hydrogen (secondary N) is 1. The van der Waals surface area contributed by atoms with Crippen molar-refractivity contribution < 1.29 is 9.47 Å². The first kappa shape index (κ1) is 15.2. The lowest BCUT2D eigenvalue weighted by Crippen LogP contribution is -2.36. The average molecular weight is 279 g/mol. The first-order chi connectivity index (χ1) is 9.72. The van der Waals surface area contributed by atoms with E-state index in [1.165, 1.54) is 11.1 Å². The zero-order valence-electron chi connectivity index (χ0n) is 12.4. The number of aryl methyl sites for hydroxylation is 1. The fourth-order valence-corrected chi connectivity index (χ4v) is 2.87. The summed E-state index contributed by atoms with van der Waals surface area (Å²) in [4.78, 5) is 4.28. The summed E-state index contributed by atoms with van der Waals surface area (Å²) < 4.78 is 11.4. The Morgan fingerprint density at radius 1 is 1.45 bits per heavy atom. The fraction of sp³-hybridized carbons (Fsp3) is 0.667. The van der Waals surface area contributed by atoms with E-state index in [1.54, 1.807) is 7.11 Å². The third kappa shape index (κ3) is 3.29. The lowest BCUT2D eigenvalue weighted by molar-refractivity contribution is -0.0954. The Labute approximate surface area is 120 Å². The van der Waals surface area contributed by atoms with Crippen LogP contribution in [0.1, 0.15) is 30.4 Å². The summed E-state index contributed by atoms with van der Waals surface area (Å²) in [7, 11) is 3.75. The quantitative estimate of drug-likeness (QED) is 0.772. The highest BCUT2D eigenvalue weighted by Gasteiger charge is 2.36. The zero-order valence-corrected chi connectivity index (χ0v) is 12.4. The molecule has 0 aliphatic carbocycles. The average Bonchev–Trinajstić information content (AvgIpc) is 2.48. The standard InChI is InChI=1S/C15H25N3O2/c1-17-7-3-4-12-10-14(16)18-11-13(12)15(19-2)5-8-20-9-6-15/h10-11,17H,3-9H2,1-2H3,(H2,16,18). The predicted molar refractivity (Wildman–Crippen MR) is 79.6 cm³/mol. The molecule has 0 bridgehead atoms. The van der Waals surface area contributed by atoms with E-state index in [9.17, 15) is 0 Å².